The van der Waals surface area contributed by atoms with E-state index in [1.54, 1.807) is 12.1 Å². The first-order valence-corrected chi connectivity index (χ1v) is 7.99. The lowest BCUT2D eigenvalue weighted by Crippen LogP contribution is -2.05. The van der Waals surface area contributed by atoms with Gasteiger partial charge >= 0.3 is 5.97 Å². The fourth-order valence-corrected chi connectivity index (χ4v) is 2.82. The molecular weight excluding hydrogens is 334 g/mol. The van der Waals surface area contributed by atoms with Crippen LogP contribution in [0.4, 0.5) is 5.69 Å². The summed E-state index contributed by atoms with van der Waals surface area (Å²) in [7, 11) is 0. The molecule has 2 N–H and O–H groups in total. The molecule has 1 atom stereocenters. The zero-order valence-corrected chi connectivity index (χ0v) is 13.9. The summed E-state index contributed by atoms with van der Waals surface area (Å²) in [4.78, 5) is 28.5. The van der Waals surface area contributed by atoms with Gasteiger partial charge in [0.1, 0.15) is 10.8 Å². The number of halogens is 1. The van der Waals surface area contributed by atoms with Crippen molar-refractivity contribution in [1.82, 2.24) is 9.97 Å². The van der Waals surface area contributed by atoms with Gasteiger partial charge in [0.2, 0.25) is 0 Å². The Bertz CT molecular complexity index is 745. The number of aromatic amines is 1. The number of nitro groups is 1. The van der Waals surface area contributed by atoms with E-state index in [2.05, 4.69) is 16.9 Å². The van der Waals surface area contributed by atoms with Crippen LogP contribution in [0.25, 0.3) is 0 Å². The first kappa shape index (κ1) is 17.9. The lowest BCUT2D eigenvalue weighted by Gasteiger charge is -2.15. The van der Waals surface area contributed by atoms with E-state index >= 15 is 0 Å². The monoisotopic (exact) mass is 351 g/mol. The number of aromatic nitrogens is 2. The number of rotatable bonds is 8. The molecule has 1 heterocycles. The summed E-state index contributed by atoms with van der Waals surface area (Å²) in [5, 5.41) is 19.8. The van der Waals surface area contributed by atoms with E-state index < -0.39 is 10.9 Å². The number of aliphatic carboxylic acids is 1. The molecule has 0 fully saturated rings. The number of benzene rings is 1. The van der Waals surface area contributed by atoms with Crippen molar-refractivity contribution < 1.29 is 14.8 Å². The fourth-order valence-electron chi connectivity index (χ4n) is 2.56. The summed E-state index contributed by atoms with van der Waals surface area (Å²) < 4.78 is 0. The minimum absolute atomic E-state index is 0.0799. The number of hydrogen-bond acceptors (Lipinski definition) is 4. The number of nitro benzene ring substituents is 1. The Morgan fingerprint density at radius 3 is 2.83 bits per heavy atom. The van der Waals surface area contributed by atoms with Crippen LogP contribution in [0.3, 0.4) is 0 Å². The molecule has 8 heteroatoms. The van der Waals surface area contributed by atoms with Gasteiger partial charge in [0.05, 0.1) is 11.3 Å². The zero-order valence-electron chi connectivity index (χ0n) is 13.2. The number of carbonyl (C=O) groups is 1. The second-order valence-corrected chi connectivity index (χ2v) is 5.93. The SMILES string of the molecule is CCCCC(c1ccc([N+](=O)[O-])c(Cl)c1)c1ncc(CC(=O)O)[nH]1. The van der Waals surface area contributed by atoms with Crippen molar-refractivity contribution in [3.05, 3.63) is 56.6 Å². The lowest BCUT2D eigenvalue weighted by atomic mass is 9.92. The fraction of sp³-hybridized carbons (Fsp3) is 0.375. The van der Waals surface area contributed by atoms with E-state index in [-0.39, 0.29) is 23.0 Å². The molecular formula is C16H18ClN3O4. The molecule has 0 radical (unpaired) electrons. The summed E-state index contributed by atoms with van der Waals surface area (Å²) in [5.41, 5.74) is 1.20. The number of nitrogens with one attached hydrogen (secondary N) is 1. The molecule has 1 aromatic heterocycles. The summed E-state index contributed by atoms with van der Waals surface area (Å²) >= 11 is 6.01. The Morgan fingerprint density at radius 1 is 1.50 bits per heavy atom. The Hall–Kier alpha value is -2.41. The molecule has 7 nitrogen and oxygen atoms in total. The van der Waals surface area contributed by atoms with E-state index in [1.807, 2.05) is 0 Å². The third-order valence-electron chi connectivity index (χ3n) is 3.74. The molecule has 128 valence electrons. The van der Waals surface area contributed by atoms with Crippen molar-refractivity contribution in [2.24, 2.45) is 0 Å². The van der Waals surface area contributed by atoms with Crippen molar-refractivity contribution in [3.63, 3.8) is 0 Å². The second-order valence-electron chi connectivity index (χ2n) is 5.53. The van der Waals surface area contributed by atoms with Gasteiger partial charge in [-0.3, -0.25) is 14.9 Å². The molecule has 24 heavy (non-hydrogen) atoms. The van der Waals surface area contributed by atoms with Crippen molar-refractivity contribution >= 4 is 23.3 Å². The maximum Gasteiger partial charge on any atom is 0.309 e. The van der Waals surface area contributed by atoms with Crippen molar-refractivity contribution in [3.8, 4) is 0 Å². The molecule has 0 amide bonds. The van der Waals surface area contributed by atoms with Gasteiger partial charge in [0, 0.05) is 23.9 Å². The average molecular weight is 352 g/mol. The highest BCUT2D eigenvalue weighted by Gasteiger charge is 2.21. The van der Waals surface area contributed by atoms with Gasteiger partial charge in [0.15, 0.2) is 0 Å². The molecule has 0 aliphatic rings. The maximum atomic E-state index is 10.9. The van der Waals surface area contributed by atoms with Crippen molar-refractivity contribution in [2.75, 3.05) is 0 Å². The first-order valence-electron chi connectivity index (χ1n) is 7.61. The van der Waals surface area contributed by atoms with Gasteiger partial charge in [-0.15, -0.1) is 0 Å². The van der Waals surface area contributed by atoms with Crippen LogP contribution in [-0.4, -0.2) is 26.0 Å². The van der Waals surface area contributed by atoms with E-state index in [1.165, 1.54) is 12.3 Å². The van der Waals surface area contributed by atoms with Crippen molar-refractivity contribution in [1.29, 1.82) is 0 Å². The third kappa shape index (κ3) is 4.32. The van der Waals surface area contributed by atoms with Crippen molar-refractivity contribution in [2.45, 2.75) is 38.5 Å². The summed E-state index contributed by atoms with van der Waals surface area (Å²) in [6.45, 7) is 2.07. The summed E-state index contributed by atoms with van der Waals surface area (Å²) in [6, 6.07) is 4.64. The molecule has 2 aromatic rings. The maximum absolute atomic E-state index is 10.9. The molecule has 0 saturated carbocycles. The van der Waals surface area contributed by atoms with Gasteiger partial charge in [0.25, 0.3) is 5.69 Å². The van der Waals surface area contributed by atoms with Gasteiger partial charge in [-0.1, -0.05) is 37.4 Å². The number of imidazole rings is 1. The Morgan fingerprint density at radius 2 is 2.25 bits per heavy atom. The molecule has 0 aliphatic heterocycles. The second kappa shape index (κ2) is 7.92. The van der Waals surface area contributed by atoms with Crippen LogP contribution >= 0.6 is 11.6 Å². The third-order valence-corrected chi connectivity index (χ3v) is 4.04. The Balaban J connectivity index is 2.34. The number of carboxylic acids is 1. The van der Waals surface area contributed by atoms with E-state index in [4.69, 9.17) is 16.7 Å². The predicted molar refractivity (Wildman–Crippen MR) is 89.4 cm³/mol. The van der Waals surface area contributed by atoms with Crippen LogP contribution in [0.5, 0.6) is 0 Å². The van der Waals surface area contributed by atoms with Crippen LogP contribution in [0.1, 0.15) is 49.2 Å². The molecule has 1 unspecified atom stereocenters. The highest BCUT2D eigenvalue weighted by atomic mass is 35.5. The molecule has 2 rings (SSSR count). The van der Waals surface area contributed by atoms with Gasteiger partial charge in [-0.2, -0.15) is 0 Å². The average Bonchev–Trinajstić information content (AvgIpc) is 2.94. The van der Waals surface area contributed by atoms with Gasteiger partial charge in [-0.05, 0) is 18.1 Å². The molecule has 0 spiro atoms. The predicted octanol–water partition coefficient (Wildman–Crippen LogP) is 3.92. The quantitative estimate of drug-likeness (QED) is 0.553. The number of H-pyrrole nitrogens is 1. The molecule has 0 bridgehead atoms. The molecule has 1 aromatic carbocycles. The smallest absolute Gasteiger partial charge is 0.309 e. The minimum atomic E-state index is -0.936. The Kier molecular flexibility index (Phi) is 5.92. The largest absolute Gasteiger partial charge is 0.481 e. The number of hydrogen-bond donors (Lipinski definition) is 2. The molecule has 0 aliphatic carbocycles. The van der Waals surface area contributed by atoms with E-state index in [9.17, 15) is 14.9 Å². The first-order chi connectivity index (χ1) is 11.4. The standard InChI is InChI=1S/C16H18ClN3O4/c1-2-3-4-12(16-18-9-11(19-16)8-15(21)22)10-5-6-14(20(23)24)13(17)7-10/h5-7,9,12H,2-4,8H2,1H3,(H,18,19)(H,21,22). The topological polar surface area (TPSA) is 109 Å². The highest BCUT2D eigenvalue weighted by molar-refractivity contribution is 6.32. The van der Waals surface area contributed by atoms with E-state index in [0.29, 0.717) is 11.5 Å². The van der Waals surface area contributed by atoms with Crippen LogP contribution < -0.4 is 0 Å². The van der Waals surface area contributed by atoms with Crippen LogP contribution in [0.2, 0.25) is 5.02 Å². The van der Waals surface area contributed by atoms with Crippen LogP contribution in [0.15, 0.2) is 24.4 Å². The summed E-state index contributed by atoms with van der Waals surface area (Å²) in [6.07, 6.45) is 4.09. The summed E-state index contributed by atoms with van der Waals surface area (Å²) in [5.74, 6) is -0.413. The van der Waals surface area contributed by atoms with E-state index in [0.717, 1.165) is 24.8 Å². The zero-order chi connectivity index (χ0) is 17.7. The van der Waals surface area contributed by atoms with Gasteiger partial charge in [-0.25, -0.2) is 4.98 Å². The minimum Gasteiger partial charge on any atom is -0.481 e. The number of carboxylic acid groups (broad SMARTS) is 1. The van der Waals surface area contributed by atoms with Crippen LogP contribution in [-0.2, 0) is 11.2 Å². The number of unbranched alkanes of at least 4 members (excludes halogenated alkanes) is 1. The number of nitrogens with zero attached hydrogens (tertiary/aromatic N) is 2. The Labute approximate surface area is 143 Å². The highest BCUT2D eigenvalue weighted by Crippen LogP contribution is 2.33. The molecule has 0 saturated heterocycles. The van der Waals surface area contributed by atoms with Crippen LogP contribution in [0, 0.1) is 10.1 Å². The lowest BCUT2D eigenvalue weighted by molar-refractivity contribution is -0.384. The van der Waals surface area contributed by atoms with Gasteiger partial charge < -0.3 is 10.1 Å². The normalized spacial score (nSPS) is 12.1.